The summed E-state index contributed by atoms with van der Waals surface area (Å²) in [6.07, 6.45) is 0. The Morgan fingerprint density at radius 1 is 1.46 bits per heavy atom. The van der Waals surface area contributed by atoms with Crippen LogP contribution in [-0.2, 0) is 0 Å². The summed E-state index contributed by atoms with van der Waals surface area (Å²) in [7, 11) is 0. The van der Waals surface area contributed by atoms with E-state index >= 15 is 0 Å². The van der Waals surface area contributed by atoms with Crippen molar-refractivity contribution >= 4 is 16.5 Å². The Balaban J connectivity index is 3.09. The number of aryl methyl sites for hydroxylation is 1. The fourth-order valence-corrected chi connectivity index (χ4v) is 1.35. The third kappa shape index (κ3) is 1.07. The molecule has 0 radical (unpaired) electrons. The summed E-state index contributed by atoms with van der Waals surface area (Å²) in [5, 5.41) is 4.76. The fourth-order valence-electron chi connectivity index (χ4n) is 1.35. The number of nitrogen functional groups attached to an aromatic ring is 1. The number of fused-ring (bicyclic) bond motifs is 1. The number of anilines is 1. The molecular weight excluding hydrogens is 168 g/mol. The Labute approximate surface area is 74.0 Å². The van der Waals surface area contributed by atoms with Gasteiger partial charge in [0, 0.05) is 11.1 Å². The van der Waals surface area contributed by atoms with E-state index in [0.29, 0.717) is 22.2 Å². The zero-order chi connectivity index (χ0) is 9.42. The minimum absolute atomic E-state index is 0.451. The van der Waals surface area contributed by atoms with Crippen LogP contribution in [0.4, 0.5) is 5.69 Å². The number of hydrogen-bond acceptors (Lipinski definition) is 4. The molecular formula is C9H8N2O2. The van der Waals surface area contributed by atoms with Gasteiger partial charge in [-0.15, -0.1) is 0 Å². The van der Waals surface area contributed by atoms with Crippen molar-refractivity contribution < 1.29 is 4.52 Å². The lowest BCUT2D eigenvalue weighted by atomic mass is 10.1. The van der Waals surface area contributed by atoms with Crippen molar-refractivity contribution in [2.75, 3.05) is 5.73 Å². The van der Waals surface area contributed by atoms with Gasteiger partial charge >= 0.3 is 5.63 Å². The van der Waals surface area contributed by atoms with Crippen LogP contribution in [0.5, 0.6) is 0 Å². The van der Waals surface area contributed by atoms with Gasteiger partial charge < -0.3 is 10.3 Å². The second-order valence-corrected chi connectivity index (χ2v) is 2.83. The normalized spacial score (nSPS) is 10.5. The maximum Gasteiger partial charge on any atom is 0.366 e. The summed E-state index contributed by atoms with van der Waals surface area (Å²) in [6, 6.07) is 5.12. The predicted octanol–water partition coefficient (Wildman–Crippen LogP) is 1.08. The third-order valence-corrected chi connectivity index (χ3v) is 1.94. The number of benzene rings is 1. The van der Waals surface area contributed by atoms with Gasteiger partial charge in [0.25, 0.3) is 0 Å². The van der Waals surface area contributed by atoms with E-state index in [1.54, 1.807) is 25.1 Å². The van der Waals surface area contributed by atoms with E-state index in [9.17, 15) is 4.79 Å². The molecule has 2 aromatic rings. The molecule has 0 aliphatic rings. The van der Waals surface area contributed by atoms with Crippen LogP contribution in [0.1, 0.15) is 5.69 Å². The third-order valence-electron chi connectivity index (χ3n) is 1.94. The topological polar surface area (TPSA) is 69.1 Å². The molecule has 0 fully saturated rings. The molecule has 0 atom stereocenters. The zero-order valence-corrected chi connectivity index (χ0v) is 7.07. The fraction of sp³-hybridized carbons (Fsp3) is 0.111. The van der Waals surface area contributed by atoms with E-state index in [1.165, 1.54) is 0 Å². The minimum atomic E-state index is -0.451. The Morgan fingerprint density at radius 2 is 2.23 bits per heavy atom. The SMILES string of the molecule is Cc1noc(=O)c2cccc(N)c12. The molecule has 0 amide bonds. The summed E-state index contributed by atoms with van der Waals surface area (Å²) in [4.78, 5) is 11.2. The van der Waals surface area contributed by atoms with Crippen molar-refractivity contribution in [2.24, 2.45) is 0 Å². The van der Waals surface area contributed by atoms with Gasteiger partial charge in [-0.2, -0.15) is 0 Å². The molecule has 1 aromatic carbocycles. The minimum Gasteiger partial charge on any atom is -0.398 e. The molecule has 0 bridgehead atoms. The van der Waals surface area contributed by atoms with E-state index < -0.39 is 5.63 Å². The smallest absolute Gasteiger partial charge is 0.366 e. The highest BCUT2D eigenvalue weighted by Gasteiger charge is 2.06. The average Bonchev–Trinajstić information content (AvgIpc) is 2.12. The number of nitrogens with two attached hydrogens (primary N) is 1. The quantitative estimate of drug-likeness (QED) is 0.610. The van der Waals surface area contributed by atoms with E-state index in [4.69, 9.17) is 5.73 Å². The zero-order valence-electron chi connectivity index (χ0n) is 7.07. The monoisotopic (exact) mass is 176 g/mol. The highest BCUT2D eigenvalue weighted by atomic mass is 16.5. The summed E-state index contributed by atoms with van der Waals surface area (Å²) in [6.45, 7) is 1.75. The highest BCUT2D eigenvalue weighted by molar-refractivity contribution is 5.93. The Kier molecular flexibility index (Phi) is 1.55. The molecule has 0 spiro atoms. The molecule has 4 nitrogen and oxygen atoms in total. The molecule has 0 saturated carbocycles. The lowest BCUT2D eigenvalue weighted by molar-refractivity contribution is 0.371. The first kappa shape index (κ1) is 7.79. The standard InChI is InChI=1S/C9H8N2O2/c1-5-8-6(9(12)13-11-5)3-2-4-7(8)10/h2-4H,10H2,1H3. The molecule has 0 saturated heterocycles. The first-order valence-corrected chi connectivity index (χ1v) is 3.85. The van der Waals surface area contributed by atoms with Crippen LogP contribution < -0.4 is 11.4 Å². The molecule has 2 N–H and O–H groups in total. The molecule has 1 aromatic heterocycles. The number of aromatic nitrogens is 1. The van der Waals surface area contributed by atoms with Gasteiger partial charge in [0.05, 0.1) is 11.1 Å². The van der Waals surface area contributed by atoms with E-state index in [-0.39, 0.29) is 0 Å². The van der Waals surface area contributed by atoms with Crippen LogP contribution in [0.2, 0.25) is 0 Å². The molecule has 4 heteroatoms. The van der Waals surface area contributed by atoms with Gasteiger partial charge in [0.1, 0.15) is 0 Å². The van der Waals surface area contributed by atoms with Gasteiger partial charge in [-0.3, -0.25) is 0 Å². The second kappa shape index (κ2) is 2.58. The number of hydrogen-bond donors (Lipinski definition) is 1. The average molecular weight is 176 g/mol. The van der Waals surface area contributed by atoms with Crippen LogP contribution in [0.3, 0.4) is 0 Å². The van der Waals surface area contributed by atoms with Crippen LogP contribution in [-0.4, -0.2) is 5.16 Å². The first-order valence-electron chi connectivity index (χ1n) is 3.85. The van der Waals surface area contributed by atoms with Crippen molar-refractivity contribution in [3.63, 3.8) is 0 Å². The van der Waals surface area contributed by atoms with Crippen molar-refractivity contribution in [3.05, 3.63) is 34.3 Å². The van der Waals surface area contributed by atoms with Crippen LogP contribution in [0, 0.1) is 6.92 Å². The predicted molar refractivity (Wildman–Crippen MR) is 49.4 cm³/mol. The summed E-state index contributed by atoms with van der Waals surface area (Å²) in [5.74, 6) is 0. The molecule has 2 rings (SSSR count). The van der Waals surface area contributed by atoms with Gasteiger partial charge in [-0.25, -0.2) is 4.79 Å². The van der Waals surface area contributed by atoms with E-state index in [2.05, 4.69) is 9.68 Å². The van der Waals surface area contributed by atoms with Crippen LogP contribution in [0.25, 0.3) is 10.8 Å². The number of nitrogens with zero attached hydrogens (tertiary/aromatic N) is 1. The van der Waals surface area contributed by atoms with E-state index in [1.807, 2.05) is 0 Å². The molecule has 0 unspecified atom stereocenters. The first-order chi connectivity index (χ1) is 6.20. The second-order valence-electron chi connectivity index (χ2n) is 2.83. The Hall–Kier alpha value is -1.84. The lowest BCUT2D eigenvalue weighted by Gasteiger charge is -2.00. The van der Waals surface area contributed by atoms with Crippen molar-refractivity contribution in [1.29, 1.82) is 0 Å². The highest BCUT2D eigenvalue weighted by Crippen LogP contribution is 2.19. The van der Waals surface area contributed by atoms with Crippen molar-refractivity contribution in [3.8, 4) is 0 Å². The molecule has 1 heterocycles. The van der Waals surface area contributed by atoms with Gasteiger partial charge in [-0.05, 0) is 19.1 Å². The maximum atomic E-state index is 11.2. The molecule has 66 valence electrons. The van der Waals surface area contributed by atoms with E-state index in [0.717, 1.165) is 0 Å². The van der Waals surface area contributed by atoms with Crippen LogP contribution in [0.15, 0.2) is 27.5 Å². The molecule has 13 heavy (non-hydrogen) atoms. The number of rotatable bonds is 0. The van der Waals surface area contributed by atoms with Gasteiger partial charge in [0.15, 0.2) is 0 Å². The maximum absolute atomic E-state index is 11.2. The Bertz CT molecular complexity index is 508. The Morgan fingerprint density at radius 3 is 2.92 bits per heavy atom. The van der Waals surface area contributed by atoms with Gasteiger partial charge in [0.2, 0.25) is 0 Å². The van der Waals surface area contributed by atoms with Crippen LogP contribution >= 0.6 is 0 Å². The lowest BCUT2D eigenvalue weighted by Crippen LogP contribution is -2.04. The largest absolute Gasteiger partial charge is 0.398 e. The summed E-state index contributed by atoms with van der Waals surface area (Å²) >= 11 is 0. The molecule has 0 aliphatic carbocycles. The van der Waals surface area contributed by atoms with Gasteiger partial charge in [-0.1, -0.05) is 11.2 Å². The molecule has 0 aliphatic heterocycles. The summed E-state index contributed by atoms with van der Waals surface area (Å²) < 4.78 is 4.57. The van der Waals surface area contributed by atoms with Crippen molar-refractivity contribution in [1.82, 2.24) is 5.16 Å². The van der Waals surface area contributed by atoms with Crippen molar-refractivity contribution in [2.45, 2.75) is 6.92 Å². The summed E-state index contributed by atoms with van der Waals surface area (Å²) in [5.41, 5.74) is 6.44.